The number of hydrogen-bond donors (Lipinski definition) is 2. The molecule has 150 valence electrons. The van der Waals surface area contributed by atoms with E-state index in [0.29, 0.717) is 18.2 Å². The van der Waals surface area contributed by atoms with Crippen molar-refractivity contribution in [1.29, 1.82) is 0 Å². The Kier molecular flexibility index (Phi) is 5.97. The highest BCUT2D eigenvalue weighted by atomic mass is 16.1. The molecule has 0 saturated carbocycles. The minimum atomic E-state index is -0.218. The van der Waals surface area contributed by atoms with Crippen molar-refractivity contribution in [3.63, 3.8) is 0 Å². The molecule has 29 heavy (non-hydrogen) atoms. The highest BCUT2D eigenvalue weighted by Crippen LogP contribution is 2.30. The third-order valence-corrected chi connectivity index (χ3v) is 4.60. The van der Waals surface area contributed by atoms with Gasteiger partial charge in [0.05, 0.1) is 0 Å². The van der Waals surface area contributed by atoms with E-state index in [4.69, 9.17) is 0 Å². The molecule has 0 aliphatic rings. The Balaban J connectivity index is 1.79. The summed E-state index contributed by atoms with van der Waals surface area (Å²) in [6.07, 6.45) is 0. The first kappa shape index (κ1) is 20.5. The molecule has 3 rings (SSSR count). The van der Waals surface area contributed by atoms with Crippen LogP contribution in [0.4, 0.5) is 11.6 Å². The second kappa shape index (κ2) is 8.43. The van der Waals surface area contributed by atoms with E-state index in [1.54, 1.807) is 6.07 Å². The summed E-state index contributed by atoms with van der Waals surface area (Å²) in [6, 6.07) is 17.9. The van der Waals surface area contributed by atoms with Crippen molar-refractivity contribution < 1.29 is 4.79 Å². The molecule has 0 radical (unpaired) electrons. The van der Waals surface area contributed by atoms with Crippen LogP contribution in [0.5, 0.6) is 0 Å². The predicted octanol–water partition coefficient (Wildman–Crippen LogP) is 5.06. The van der Waals surface area contributed by atoms with Gasteiger partial charge in [0.2, 0.25) is 5.95 Å². The van der Waals surface area contributed by atoms with Gasteiger partial charge in [-0.25, -0.2) is 9.97 Å². The molecule has 1 amide bonds. The standard InChI is InChI=1S/C24H28N4O/c1-16-9-8-10-18(13-16)15-25-22(29)21-14-17(2)26-23(28-21)27-20-12-7-6-11-19(20)24(3,4)5/h6-14H,15H2,1-5H3,(H,25,29)(H,26,27,28). The van der Waals surface area contributed by atoms with Gasteiger partial charge in [0.1, 0.15) is 5.69 Å². The van der Waals surface area contributed by atoms with Gasteiger partial charge in [0, 0.05) is 17.9 Å². The van der Waals surface area contributed by atoms with Crippen molar-refractivity contribution in [3.05, 3.63) is 82.7 Å². The van der Waals surface area contributed by atoms with Gasteiger partial charge in [-0.1, -0.05) is 68.8 Å². The Morgan fingerprint density at radius 2 is 1.72 bits per heavy atom. The maximum Gasteiger partial charge on any atom is 0.270 e. The van der Waals surface area contributed by atoms with Crippen LogP contribution in [0.25, 0.3) is 0 Å². The van der Waals surface area contributed by atoms with E-state index in [-0.39, 0.29) is 11.3 Å². The second-order valence-corrected chi connectivity index (χ2v) is 8.31. The van der Waals surface area contributed by atoms with Gasteiger partial charge in [-0.05, 0) is 42.5 Å². The molecule has 3 aromatic rings. The molecule has 0 aliphatic carbocycles. The topological polar surface area (TPSA) is 66.9 Å². The van der Waals surface area contributed by atoms with Gasteiger partial charge < -0.3 is 10.6 Å². The quantitative estimate of drug-likeness (QED) is 0.641. The number of nitrogens with zero attached hydrogens (tertiary/aromatic N) is 2. The first-order valence-electron chi connectivity index (χ1n) is 9.78. The summed E-state index contributed by atoms with van der Waals surface area (Å²) in [7, 11) is 0. The number of carbonyl (C=O) groups is 1. The fourth-order valence-corrected chi connectivity index (χ4v) is 3.20. The number of carbonyl (C=O) groups excluding carboxylic acids is 1. The Labute approximate surface area is 172 Å². The summed E-state index contributed by atoms with van der Waals surface area (Å²) < 4.78 is 0. The minimum Gasteiger partial charge on any atom is -0.347 e. The molecule has 0 spiro atoms. The van der Waals surface area contributed by atoms with Crippen LogP contribution in [0, 0.1) is 13.8 Å². The van der Waals surface area contributed by atoms with Gasteiger partial charge in [-0.15, -0.1) is 0 Å². The monoisotopic (exact) mass is 388 g/mol. The number of aryl methyl sites for hydroxylation is 2. The Hall–Kier alpha value is -3.21. The molecule has 2 N–H and O–H groups in total. The Morgan fingerprint density at radius 3 is 2.45 bits per heavy atom. The SMILES string of the molecule is Cc1cccc(CNC(=O)c2cc(C)nc(Nc3ccccc3C(C)(C)C)n2)c1. The number of anilines is 2. The molecule has 2 aromatic carbocycles. The summed E-state index contributed by atoms with van der Waals surface area (Å²) in [4.78, 5) is 21.6. The van der Waals surface area contributed by atoms with Crippen molar-refractivity contribution >= 4 is 17.5 Å². The van der Waals surface area contributed by atoms with Crippen molar-refractivity contribution in [2.75, 3.05) is 5.32 Å². The maximum absolute atomic E-state index is 12.7. The number of nitrogens with one attached hydrogen (secondary N) is 2. The van der Waals surface area contributed by atoms with Crippen LogP contribution in [0.15, 0.2) is 54.6 Å². The molecular weight excluding hydrogens is 360 g/mol. The lowest BCUT2D eigenvalue weighted by atomic mass is 9.86. The van der Waals surface area contributed by atoms with Crippen LogP contribution >= 0.6 is 0 Å². The average molecular weight is 389 g/mol. The fraction of sp³-hybridized carbons (Fsp3) is 0.292. The zero-order valence-electron chi connectivity index (χ0n) is 17.7. The smallest absolute Gasteiger partial charge is 0.270 e. The maximum atomic E-state index is 12.7. The lowest BCUT2D eigenvalue weighted by Crippen LogP contribution is -2.24. The highest BCUT2D eigenvalue weighted by Gasteiger charge is 2.18. The van der Waals surface area contributed by atoms with Gasteiger partial charge in [0.25, 0.3) is 5.91 Å². The third kappa shape index (κ3) is 5.41. The molecule has 5 nitrogen and oxygen atoms in total. The molecule has 0 fully saturated rings. The molecule has 0 atom stereocenters. The fourth-order valence-electron chi connectivity index (χ4n) is 3.20. The van der Waals surface area contributed by atoms with E-state index in [1.165, 1.54) is 5.56 Å². The van der Waals surface area contributed by atoms with Crippen LogP contribution < -0.4 is 10.6 Å². The van der Waals surface area contributed by atoms with Crippen LogP contribution in [0.2, 0.25) is 0 Å². The summed E-state index contributed by atoms with van der Waals surface area (Å²) in [5.74, 6) is 0.201. The largest absolute Gasteiger partial charge is 0.347 e. The Morgan fingerprint density at radius 1 is 0.966 bits per heavy atom. The lowest BCUT2D eigenvalue weighted by molar-refractivity contribution is 0.0945. The first-order chi connectivity index (χ1) is 13.7. The minimum absolute atomic E-state index is 0.0264. The van der Waals surface area contributed by atoms with E-state index >= 15 is 0 Å². The van der Waals surface area contributed by atoms with Crippen LogP contribution in [-0.2, 0) is 12.0 Å². The molecule has 0 bridgehead atoms. The van der Waals surface area contributed by atoms with Gasteiger partial charge in [-0.3, -0.25) is 4.79 Å². The molecule has 0 unspecified atom stereocenters. The molecule has 0 saturated heterocycles. The zero-order valence-corrected chi connectivity index (χ0v) is 17.7. The van der Waals surface area contributed by atoms with E-state index in [2.05, 4.69) is 53.5 Å². The summed E-state index contributed by atoms with van der Waals surface area (Å²) in [5, 5.41) is 6.23. The number of para-hydroxylation sites is 1. The summed E-state index contributed by atoms with van der Waals surface area (Å²) in [5.41, 5.74) is 5.38. The third-order valence-electron chi connectivity index (χ3n) is 4.60. The second-order valence-electron chi connectivity index (χ2n) is 8.31. The van der Waals surface area contributed by atoms with Crippen LogP contribution in [0.3, 0.4) is 0 Å². The number of hydrogen-bond acceptors (Lipinski definition) is 4. The highest BCUT2D eigenvalue weighted by molar-refractivity contribution is 5.92. The number of amides is 1. The number of rotatable bonds is 5. The van der Waals surface area contributed by atoms with E-state index in [1.807, 2.05) is 50.2 Å². The first-order valence-corrected chi connectivity index (χ1v) is 9.78. The van der Waals surface area contributed by atoms with E-state index in [9.17, 15) is 4.79 Å². The molecule has 0 aliphatic heterocycles. The van der Waals surface area contributed by atoms with Crippen molar-refractivity contribution in [2.45, 2.75) is 46.6 Å². The van der Waals surface area contributed by atoms with Crippen molar-refractivity contribution in [1.82, 2.24) is 15.3 Å². The number of benzene rings is 2. The zero-order chi connectivity index (χ0) is 21.0. The normalized spacial score (nSPS) is 11.2. The average Bonchev–Trinajstić information content (AvgIpc) is 2.65. The number of aromatic nitrogens is 2. The molecule has 1 heterocycles. The van der Waals surface area contributed by atoms with Crippen molar-refractivity contribution in [2.24, 2.45) is 0 Å². The van der Waals surface area contributed by atoms with Crippen LogP contribution in [-0.4, -0.2) is 15.9 Å². The van der Waals surface area contributed by atoms with Crippen molar-refractivity contribution in [3.8, 4) is 0 Å². The molecular formula is C24H28N4O. The Bertz CT molecular complexity index is 1020. The summed E-state index contributed by atoms with van der Waals surface area (Å²) in [6.45, 7) is 10.8. The van der Waals surface area contributed by atoms with E-state index < -0.39 is 0 Å². The van der Waals surface area contributed by atoms with Gasteiger partial charge in [-0.2, -0.15) is 0 Å². The molecule has 5 heteroatoms. The van der Waals surface area contributed by atoms with Crippen LogP contribution in [0.1, 0.15) is 53.6 Å². The summed E-state index contributed by atoms with van der Waals surface area (Å²) >= 11 is 0. The lowest BCUT2D eigenvalue weighted by Gasteiger charge is -2.23. The van der Waals surface area contributed by atoms with E-state index in [0.717, 1.165) is 22.5 Å². The predicted molar refractivity (Wildman–Crippen MR) is 118 cm³/mol. The van der Waals surface area contributed by atoms with Gasteiger partial charge in [0.15, 0.2) is 0 Å². The van der Waals surface area contributed by atoms with Gasteiger partial charge >= 0.3 is 0 Å². The molecule has 1 aromatic heterocycles.